The fourth-order valence-corrected chi connectivity index (χ4v) is 1.34. The number of tetrazole rings is 1. The Morgan fingerprint density at radius 1 is 1.07 bits per heavy atom. The van der Waals surface area contributed by atoms with Gasteiger partial charge in [-0.3, -0.25) is 4.98 Å². The molecule has 0 aliphatic carbocycles. The van der Waals surface area contributed by atoms with Gasteiger partial charge in [0.2, 0.25) is 5.82 Å². The fourth-order valence-electron chi connectivity index (χ4n) is 1.34. The monoisotopic (exact) mass is 198 g/mol. The van der Waals surface area contributed by atoms with Crippen molar-refractivity contribution in [3.8, 4) is 11.5 Å². The molecule has 0 saturated carbocycles. The van der Waals surface area contributed by atoms with E-state index in [4.69, 9.17) is 0 Å². The second kappa shape index (κ2) is 3.09. The first-order valence-corrected chi connectivity index (χ1v) is 4.39. The maximum atomic E-state index is 4.37. The Balaban J connectivity index is 2.22. The van der Waals surface area contributed by atoms with Crippen molar-refractivity contribution in [3.05, 3.63) is 30.5 Å². The number of hydrogen-bond donors (Lipinski definition) is 1. The van der Waals surface area contributed by atoms with Crippen molar-refractivity contribution in [2.75, 3.05) is 0 Å². The zero-order valence-corrected chi connectivity index (χ0v) is 7.62. The Hall–Kier alpha value is -2.37. The molecular formula is C9H6N6. The molecule has 6 nitrogen and oxygen atoms in total. The molecule has 0 fully saturated rings. The van der Waals surface area contributed by atoms with Gasteiger partial charge in [0.1, 0.15) is 5.69 Å². The van der Waals surface area contributed by atoms with Crippen LogP contribution in [-0.2, 0) is 0 Å². The third kappa shape index (κ3) is 1.32. The van der Waals surface area contributed by atoms with Gasteiger partial charge in [0.05, 0.1) is 17.2 Å². The third-order valence-electron chi connectivity index (χ3n) is 2.02. The Kier molecular flexibility index (Phi) is 1.64. The topological polar surface area (TPSA) is 80.2 Å². The van der Waals surface area contributed by atoms with Gasteiger partial charge < -0.3 is 0 Å². The van der Waals surface area contributed by atoms with E-state index >= 15 is 0 Å². The normalized spacial score (nSPS) is 10.7. The summed E-state index contributed by atoms with van der Waals surface area (Å²) in [6.07, 6.45) is 1.63. The predicted octanol–water partition coefficient (Wildman–Crippen LogP) is 0.810. The molecule has 6 heteroatoms. The van der Waals surface area contributed by atoms with Crippen LogP contribution in [0.3, 0.4) is 0 Å². The van der Waals surface area contributed by atoms with Crippen molar-refractivity contribution < 1.29 is 0 Å². The van der Waals surface area contributed by atoms with E-state index in [-0.39, 0.29) is 0 Å². The minimum atomic E-state index is 0.452. The number of aromatic amines is 1. The van der Waals surface area contributed by atoms with Gasteiger partial charge in [0, 0.05) is 0 Å². The summed E-state index contributed by atoms with van der Waals surface area (Å²) in [5, 5.41) is 13.5. The predicted molar refractivity (Wildman–Crippen MR) is 52.7 cm³/mol. The first-order valence-electron chi connectivity index (χ1n) is 4.39. The molecule has 3 rings (SSSR count). The van der Waals surface area contributed by atoms with Crippen LogP contribution in [-0.4, -0.2) is 30.6 Å². The van der Waals surface area contributed by atoms with Gasteiger partial charge in [-0.1, -0.05) is 12.1 Å². The van der Waals surface area contributed by atoms with E-state index < -0.39 is 0 Å². The SMILES string of the molecule is c1ccc2nc(-c3nn[nH]n3)cnc2c1. The molecule has 0 radical (unpaired) electrons. The van der Waals surface area contributed by atoms with Gasteiger partial charge in [-0.05, 0) is 17.3 Å². The molecule has 1 N–H and O–H groups in total. The van der Waals surface area contributed by atoms with Crippen molar-refractivity contribution >= 4 is 11.0 Å². The highest BCUT2D eigenvalue weighted by Crippen LogP contribution is 2.13. The summed E-state index contributed by atoms with van der Waals surface area (Å²) in [5.74, 6) is 0.452. The largest absolute Gasteiger partial charge is 0.252 e. The van der Waals surface area contributed by atoms with Crippen LogP contribution < -0.4 is 0 Å². The second-order valence-corrected chi connectivity index (χ2v) is 2.98. The van der Waals surface area contributed by atoms with Gasteiger partial charge in [-0.25, -0.2) is 4.98 Å². The molecule has 0 amide bonds. The summed E-state index contributed by atoms with van der Waals surface area (Å²) in [4.78, 5) is 8.62. The van der Waals surface area contributed by atoms with E-state index in [1.165, 1.54) is 0 Å². The lowest BCUT2D eigenvalue weighted by molar-refractivity contribution is 0.881. The highest BCUT2D eigenvalue weighted by atomic mass is 15.5. The number of rotatable bonds is 1. The molecule has 0 spiro atoms. The molecule has 2 heterocycles. The molecule has 0 unspecified atom stereocenters. The van der Waals surface area contributed by atoms with Crippen LogP contribution in [0.4, 0.5) is 0 Å². The molecular weight excluding hydrogens is 192 g/mol. The van der Waals surface area contributed by atoms with E-state index in [0.717, 1.165) is 11.0 Å². The van der Waals surface area contributed by atoms with Gasteiger partial charge >= 0.3 is 0 Å². The lowest BCUT2D eigenvalue weighted by Gasteiger charge is -1.96. The summed E-state index contributed by atoms with van der Waals surface area (Å²) >= 11 is 0. The molecule has 15 heavy (non-hydrogen) atoms. The first-order chi connectivity index (χ1) is 7.43. The highest BCUT2D eigenvalue weighted by Gasteiger charge is 2.05. The molecule has 0 aliphatic rings. The Labute approximate surface area is 84.4 Å². The maximum Gasteiger partial charge on any atom is 0.224 e. The quantitative estimate of drug-likeness (QED) is 0.625. The highest BCUT2D eigenvalue weighted by molar-refractivity contribution is 5.75. The summed E-state index contributed by atoms with van der Waals surface area (Å²) in [6.45, 7) is 0. The van der Waals surface area contributed by atoms with E-state index in [1.54, 1.807) is 6.20 Å². The zero-order valence-electron chi connectivity index (χ0n) is 7.62. The first kappa shape index (κ1) is 7.98. The summed E-state index contributed by atoms with van der Waals surface area (Å²) in [6, 6.07) is 7.64. The third-order valence-corrected chi connectivity index (χ3v) is 2.02. The smallest absolute Gasteiger partial charge is 0.224 e. The number of para-hydroxylation sites is 2. The van der Waals surface area contributed by atoms with E-state index in [1.807, 2.05) is 24.3 Å². The summed E-state index contributed by atoms with van der Waals surface area (Å²) in [7, 11) is 0. The molecule has 72 valence electrons. The lowest BCUT2D eigenvalue weighted by Crippen LogP contribution is -1.89. The van der Waals surface area contributed by atoms with Crippen LogP contribution in [0, 0.1) is 0 Å². The molecule has 0 aliphatic heterocycles. The minimum Gasteiger partial charge on any atom is -0.252 e. The number of H-pyrrole nitrogens is 1. The molecule has 0 atom stereocenters. The molecule has 0 bridgehead atoms. The molecule has 0 saturated heterocycles. The van der Waals surface area contributed by atoms with Gasteiger partial charge in [-0.15, -0.1) is 10.2 Å². The Morgan fingerprint density at radius 3 is 2.73 bits per heavy atom. The van der Waals surface area contributed by atoms with Crippen molar-refractivity contribution in [2.45, 2.75) is 0 Å². The zero-order chi connectivity index (χ0) is 10.1. The average molecular weight is 198 g/mol. The van der Waals surface area contributed by atoms with Gasteiger partial charge in [0.15, 0.2) is 0 Å². The van der Waals surface area contributed by atoms with E-state index in [2.05, 4.69) is 30.6 Å². The maximum absolute atomic E-state index is 4.37. The Morgan fingerprint density at radius 2 is 1.93 bits per heavy atom. The van der Waals surface area contributed by atoms with Crippen LogP contribution in [0.2, 0.25) is 0 Å². The average Bonchev–Trinajstić information content (AvgIpc) is 2.82. The van der Waals surface area contributed by atoms with Crippen LogP contribution in [0.5, 0.6) is 0 Å². The van der Waals surface area contributed by atoms with Gasteiger partial charge in [0.25, 0.3) is 0 Å². The summed E-state index contributed by atoms with van der Waals surface area (Å²) < 4.78 is 0. The van der Waals surface area contributed by atoms with Crippen molar-refractivity contribution in [2.24, 2.45) is 0 Å². The Bertz CT molecular complexity index is 588. The van der Waals surface area contributed by atoms with E-state index in [9.17, 15) is 0 Å². The van der Waals surface area contributed by atoms with Crippen LogP contribution in [0.25, 0.3) is 22.6 Å². The van der Waals surface area contributed by atoms with Crippen LogP contribution in [0.1, 0.15) is 0 Å². The van der Waals surface area contributed by atoms with E-state index in [0.29, 0.717) is 11.5 Å². The molecule has 3 aromatic rings. The minimum absolute atomic E-state index is 0.452. The molecule has 2 aromatic heterocycles. The number of hydrogen-bond acceptors (Lipinski definition) is 5. The van der Waals surface area contributed by atoms with Gasteiger partial charge in [-0.2, -0.15) is 5.21 Å². The number of fused-ring (bicyclic) bond motifs is 1. The standard InChI is InChI=1S/C9H6N6/c1-2-4-7-6(3-1)10-5-8(11-7)9-12-14-15-13-9/h1-5H,(H,12,13,14,15). The molecule has 1 aromatic carbocycles. The summed E-state index contributed by atoms with van der Waals surface area (Å²) in [5.41, 5.74) is 2.28. The fraction of sp³-hybridized carbons (Fsp3) is 0. The second-order valence-electron chi connectivity index (χ2n) is 2.98. The number of nitrogens with one attached hydrogen (secondary N) is 1. The van der Waals surface area contributed by atoms with Crippen LogP contribution in [0.15, 0.2) is 30.5 Å². The lowest BCUT2D eigenvalue weighted by atomic mass is 10.3. The van der Waals surface area contributed by atoms with Crippen molar-refractivity contribution in [1.29, 1.82) is 0 Å². The number of benzene rings is 1. The van der Waals surface area contributed by atoms with Crippen molar-refractivity contribution in [3.63, 3.8) is 0 Å². The van der Waals surface area contributed by atoms with Crippen LogP contribution >= 0.6 is 0 Å². The van der Waals surface area contributed by atoms with Crippen molar-refractivity contribution in [1.82, 2.24) is 30.6 Å². The number of aromatic nitrogens is 6. The number of nitrogens with zero attached hydrogens (tertiary/aromatic N) is 5.